The van der Waals surface area contributed by atoms with Gasteiger partial charge in [0.1, 0.15) is 0 Å². The summed E-state index contributed by atoms with van der Waals surface area (Å²) in [7, 11) is 0. The number of unbranched alkanes of at least 4 members (excludes halogenated alkanes) is 1. The molecule has 1 rings (SSSR count). The standard InChI is InChI=1S/C14H27NO2/c1-2-3-10-17-14(16)13(11-15)12-8-6-4-5-7-9-12/h12-13H,2-11,15H2,1H3. The molecule has 100 valence electrons. The van der Waals surface area contributed by atoms with E-state index < -0.39 is 0 Å². The van der Waals surface area contributed by atoms with Crippen LogP contribution < -0.4 is 5.73 Å². The van der Waals surface area contributed by atoms with Gasteiger partial charge in [-0.2, -0.15) is 0 Å². The lowest BCUT2D eigenvalue weighted by atomic mass is 9.86. The van der Waals surface area contributed by atoms with Crippen LogP contribution in [-0.4, -0.2) is 19.1 Å². The Morgan fingerprint density at radius 1 is 1.29 bits per heavy atom. The van der Waals surface area contributed by atoms with Gasteiger partial charge in [-0.3, -0.25) is 4.79 Å². The summed E-state index contributed by atoms with van der Waals surface area (Å²) < 4.78 is 5.31. The Morgan fingerprint density at radius 2 is 1.94 bits per heavy atom. The van der Waals surface area contributed by atoms with Crippen LogP contribution in [0.3, 0.4) is 0 Å². The second kappa shape index (κ2) is 8.51. The van der Waals surface area contributed by atoms with Gasteiger partial charge in [0.2, 0.25) is 0 Å². The number of hydrogen-bond acceptors (Lipinski definition) is 3. The molecule has 0 saturated heterocycles. The summed E-state index contributed by atoms with van der Waals surface area (Å²) in [5, 5.41) is 0. The second-order valence-corrected chi connectivity index (χ2v) is 5.11. The number of ether oxygens (including phenoxy) is 1. The van der Waals surface area contributed by atoms with E-state index in [-0.39, 0.29) is 11.9 Å². The van der Waals surface area contributed by atoms with Crippen molar-refractivity contribution in [3.05, 3.63) is 0 Å². The number of esters is 1. The molecule has 0 amide bonds. The molecule has 1 atom stereocenters. The lowest BCUT2D eigenvalue weighted by Gasteiger charge is -2.23. The highest BCUT2D eigenvalue weighted by molar-refractivity contribution is 5.73. The Balaban J connectivity index is 2.41. The fraction of sp³-hybridized carbons (Fsp3) is 0.929. The van der Waals surface area contributed by atoms with E-state index in [0.717, 1.165) is 25.7 Å². The van der Waals surface area contributed by atoms with E-state index in [4.69, 9.17) is 10.5 Å². The molecule has 0 heterocycles. The minimum Gasteiger partial charge on any atom is -0.465 e. The molecule has 0 aromatic heterocycles. The van der Waals surface area contributed by atoms with Crippen molar-refractivity contribution in [2.24, 2.45) is 17.6 Å². The predicted molar refractivity (Wildman–Crippen MR) is 69.6 cm³/mol. The third-order valence-electron chi connectivity index (χ3n) is 3.77. The maximum atomic E-state index is 12.0. The minimum atomic E-state index is -0.0649. The van der Waals surface area contributed by atoms with Gasteiger partial charge in [0.25, 0.3) is 0 Å². The van der Waals surface area contributed by atoms with Crippen molar-refractivity contribution in [3.8, 4) is 0 Å². The number of carbonyl (C=O) groups is 1. The summed E-state index contributed by atoms with van der Waals surface area (Å²) in [6.07, 6.45) is 9.39. The van der Waals surface area contributed by atoms with Crippen molar-refractivity contribution >= 4 is 5.97 Å². The van der Waals surface area contributed by atoms with Crippen LogP contribution in [0, 0.1) is 11.8 Å². The molecule has 1 saturated carbocycles. The lowest BCUT2D eigenvalue weighted by Crippen LogP contribution is -2.32. The number of hydrogen-bond donors (Lipinski definition) is 1. The molecule has 0 radical (unpaired) electrons. The topological polar surface area (TPSA) is 52.3 Å². The van der Waals surface area contributed by atoms with E-state index in [2.05, 4.69) is 6.92 Å². The smallest absolute Gasteiger partial charge is 0.310 e. The molecule has 1 unspecified atom stereocenters. The Hall–Kier alpha value is -0.570. The summed E-state index contributed by atoms with van der Waals surface area (Å²) in [5.41, 5.74) is 5.76. The highest BCUT2D eigenvalue weighted by atomic mass is 16.5. The van der Waals surface area contributed by atoms with Gasteiger partial charge in [0.05, 0.1) is 12.5 Å². The molecular formula is C14H27NO2. The summed E-state index contributed by atoms with van der Waals surface area (Å²) in [5.74, 6) is 0.328. The first-order valence-corrected chi connectivity index (χ1v) is 7.16. The molecule has 3 nitrogen and oxygen atoms in total. The molecule has 0 aromatic carbocycles. The van der Waals surface area contributed by atoms with Crippen molar-refractivity contribution in [1.82, 2.24) is 0 Å². The largest absolute Gasteiger partial charge is 0.465 e. The monoisotopic (exact) mass is 241 g/mol. The molecule has 3 heteroatoms. The fourth-order valence-corrected chi connectivity index (χ4v) is 2.62. The minimum absolute atomic E-state index is 0.0622. The predicted octanol–water partition coefficient (Wildman–Crippen LogP) is 2.88. The Kier molecular flexibility index (Phi) is 7.25. The molecule has 1 aliphatic carbocycles. The van der Waals surface area contributed by atoms with E-state index in [9.17, 15) is 4.79 Å². The van der Waals surface area contributed by atoms with Crippen molar-refractivity contribution in [2.75, 3.05) is 13.2 Å². The van der Waals surface area contributed by atoms with E-state index in [1.54, 1.807) is 0 Å². The van der Waals surface area contributed by atoms with Crippen molar-refractivity contribution in [3.63, 3.8) is 0 Å². The summed E-state index contributed by atoms with van der Waals surface area (Å²) in [6, 6.07) is 0. The van der Waals surface area contributed by atoms with Gasteiger partial charge in [0.15, 0.2) is 0 Å². The van der Waals surface area contributed by atoms with E-state index in [1.165, 1.54) is 25.7 Å². The first-order valence-electron chi connectivity index (χ1n) is 7.16. The second-order valence-electron chi connectivity index (χ2n) is 5.11. The number of carbonyl (C=O) groups excluding carboxylic acids is 1. The van der Waals surface area contributed by atoms with Crippen LogP contribution >= 0.6 is 0 Å². The molecule has 0 bridgehead atoms. The third kappa shape index (κ3) is 5.07. The summed E-state index contributed by atoms with van der Waals surface area (Å²) in [4.78, 5) is 12.0. The maximum Gasteiger partial charge on any atom is 0.310 e. The molecule has 1 aliphatic rings. The molecule has 2 N–H and O–H groups in total. The highest BCUT2D eigenvalue weighted by Crippen LogP contribution is 2.29. The Labute approximate surface area is 105 Å². The van der Waals surface area contributed by atoms with Crippen molar-refractivity contribution in [1.29, 1.82) is 0 Å². The Morgan fingerprint density at radius 3 is 2.47 bits per heavy atom. The first-order chi connectivity index (χ1) is 8.29. The van der Waals surface area contributed by atoms with E-state index >= 15 is 0 Å². The fourth-order valence-electron chi connectivity index (χ4n) is 2.62. The highest BCUT2D eigenvalue weighted by Gasteiger charge is 2.28. The molecular weight excluding hydrogens is 214 g/mol. The van der Waals surface area contributed by atoms with Crippen LogP contribution in [0.25, 0.3) is 0 Å². The van der Waals surface area contributed by atoms with Gasteiger partial charge < -0.3 is 10.5 Å². The zero-order chi connectivity index (χ0) is 12.5. The van der Waals surface area contributed by atoms with Crippen LogP contribution in [0.4, 0.5) is 0 Å². The summed E-state index contributed by atoms with van der Waals surface area (Å²) >= 11 is 0. The van der Waals surface area contributed by atoms with Crippen LogP contribution in [-0.2, 0) is 9.53 Å². The molecule has 1 fully saturated rings. The quantitative estimate of drug-likeness (QED) is 0.442. The molecule has 0 aliphatic heterocycles. The first kappa shape index (κ1) is 14.5. The van der Waals surface area contributed by atoms with Gasteiger partial charge in [-0.05, 0) is 25.2 Å². The van der Waals surface area contributed by atoms with Gasteiger partial charge >= 0.3 is 5.97 Å². The van der Waals surface area contributed by atoms with Gasteiger partial charge in [-0.15, -0.1) is 0 Å². The normalized spacial score (nSPS) is 19.6. The number of nitrogens with two attached hydrogens (primary N) is 1. The van der Waals surface area contributed by atoms with Crippen LogP contribution in [0.1, 0.15) is 58.3 Å². The van der Waals surface area contributed by atoms with Crippen molar-refractivity contribution < 1.29 is 9.53 Å². The van der Waals surface area contributed by atoms with Gasteiger partial charge in [-0.1, -0.05) is 39.0 Å². The van der Waals surface area contributed by atoms with Crippen molar-refractivity contribution in [2.45, 2.75) is 58.3 Å². The third-order valence-corrected chi connectivity index (χ3v) is 3.77. The van der Waals surface area contributed by atoms with Gasteiger partial charge in [-0.25, -0.2) is 0 Å². The van der Waals surface area contributed by atoms with Crippen LogP contribution in [0.5, 0.6) is 0 Å². The maximum absolute atomic E-state index is 12.0. The van der Waals surface area contributed by atoms with Gasteiger partial charge in [0, 0.05) is 6.54 Å². The average Bonchev–Trinajstić information content (AvgIpc) is 2.59. The zero-order valence-electron chi connectivity index (χ0n) is 11.1. The molecule has 0 spiro atoms. The van der Waals surface area contributed by atoms with Crippen LogP contribution in [0.15, 0.2) is 0 Å². The zero-order valence-corrected chi connectivity index (χ0v) is 11.1. The molecule has 0 aromatic rings. The molecule has 17 heavy (non-hydrogen) atoms. The number of rotatable bonds is 6. The van der Waals surface area contributed by atoms with E-state index in [0.29, 0.717) is 19.1 Å². The Bertz CT molecular complexity index is 210. The summed E-state index contributed by atoms with van der Waals surface area (Å²) in [6.45, 7) is 3.09. The average molecular weight is 241 g/mol. The SMILES string of the molecule is CCCCOC(=O)C(CN)C1CCCCCC1. The van der Waals surface area contributed by atoms with E-state index in [1.807, 2.05) is 0 Å². The van der Waals surface area contributed by atoms with Crippen LogP contribution in [0.2, 0.25) is 0 Å². The lowest BCUT2D eigenvalue weighted by molar-refractivity contribution is -0.150.